The fraction of sp³-hybridized carbons (Fsp3) is 0.769. The maximum absolute atomic E-state index is 12.0. The second-order valence-electron chi connectivity index (χ2n) is 4.72. The van der Waals surface area contributed by atoms with Gasteiger partial charge in [0.05, 0.1) is 0 Å². The molecule has 3 N–H and O–H groups in total. The zero-order valence-electron chi connectivity index (χ0n) is 12.1. The third-order valence-electron chi connectivity index (χ3n) is 2.81. The summed E-state index contributed by atoms with van der Waals surface area (Å²) in [5, 5.41) is 20.1. The van der Waals surface area contributed by atoms with Gasteiger partial charge in [0.1, 0.15) is 13.1 Å². The Morgan fingerprint density at radius 3 is 1.95 bits per heavy atom. The first-order chi connectivity index (χ1) is 9.40. The van der Waals surface area contributed by atoms with Gasteiger partial charge in [-0.3, -0.25) is 9.59 Å². The monoisotopic (exact) mass is 288 g/mol. The lowest BCUT2D eigenvalue weighted by molar-refractivity contribution is -0.140. The van der Waals surface area contributed by atoms with Gasteiger partial charge < -0.3 is 20.4 Å². The van der Waals surface area contributed by atoms with E-state index in [4.69, 9.17) is 10.2 Å². The molecule has 0 fully saturated rings. The van der Waals surface area contributed by atoms with Crippen LogP contribution in [0.2, 0.25) is 0 Å². The summed E-state index contributed by atoms with van der Waals surface area (Å²) in [6.07, 6.45) is 4.46. The van der Waals surface area contributed by atoms with Crippen LogP contribution in [0.15, 0.2) is 0 Å². The van der Waals surface area contributed by atoms with Crippen molar-refractivity contribution < 1.29 is 24.6 Å². The van der Waals surface area contributed by atoms with E-state index in [0.29, 0.717) is 0 Å². The van der Waals surface area contributed by atoms with Gasteiger partial charge in [-0.25, -0.2) is 4.79 Å². The predicted octanol–water partition coefficient (Wildman–Crippen LogP) is 1.53. The number of hydrogen-bond acceptors (Lipinski definition) is 3. The Bertz CT molecular complexity index is 317. The predicted molar refractivity (Wildman–Crippen MR) is 73.6 cm³/mol. The van der Waals surface area contributed by atoms with E-state index in [-0.39, 0.29) is 6.04 Å². The molecule has 0 heterocycles. The van der Waals surface area contributed by atoms with Crippen LogP contribution in [0.3, 0.4) is 0 Å². The lowest BCUT2D eigenvalue weighted by Crippen LogP contribution is -2.48. The largest absolute Gasteiger partial charge is 0.480 e. The first-order valence-electron chi connectivity index (χ1n) is 6.89. The fourth-order valence-corrected chi connectivity index (χ4v) is 1.88. The van der Waals surface area contributed by atoms with Crippen LogP contribution in [-0.2, 0) is 9.59 Å². The summed E-state index contributed by atoms with van der Waals surface area (Å²) in [4.78, 5) is 34.1. The molecule has 0 radical (unpaired) electrons. The summed E-state index contributed by atoms with van der Waals surface area (Å²) < 4.78 is 0. The van der Waals surface area contributed by atoms with Crippen molar-refractivity contribution in [1.29, 1.82) is 0 Å². The molecule has 0 spiro atoms. The standard InChI is InChI=1S/C13H24N2O5/c1-3-5-7-10(6-4-2)14-13(20)15(8-11(16)17)9-12(18)19/h10H,3-9H2,1-2H3,(H,14,20)(H,16,17)(H,18,19). The van der Waals surface area contributed by atoms with Crippen molar-refractivity contribution in [3.63, 3.8) is 0 Å². The molecule has 0 bridgehead atoms. The topological polar surface area (TPSA) is 107 Å². The minimum absolute atomic E-state index is 0.0439. The molecule has 0 aromatic rings. The molecule has 7 heteroatoms. The summed E-state index contributed by atoms with van der Waals surface area (Å²) in [5.74, 6) is -2.47. The molecule has 0 aliphatic rings. The molecule has 0 aliphatic carbocycles. The molecule has 0 aromatic carbocycles. The third kappa shape index (κ3) is 8.34. The molecule has 0 aromatic heterocycles. The zero-order chi connectivity index (χ0) is 15.5. The first kappa shape index (κ1) is 18.2. The molecular weight excluding hydrogens is 264 g/mol. The van der Waals surface area contributed by atoms with E-state index in [1.807, 2.05) is 13.8 Å². The molecule has 0 rings (SSSR count). The van der Waals surface area contributed by atoms with E-state index in [1.165, 1.54) is 0 Å². The lowest BCUT2D eigenvalue weighted by Gasteiger charge is -2.24. The normalized spacial score (nSPS) is 11.7. The van der Waals surface area contributed by atoms with Gasteiger partial charge in [0.25, 0.3) is 0 Å². The molecule has 20 heavy (non-hydrogen) atoms. The highest BCUT2D eigenvalue weighted by Gasteiger charge is 2.21. The van der Waals surface area contributed by atoms with E-state index < -0.39 is 31.1 Å². The molecule has 1 unspecified atom stereocenters. The number of carboxylic acid groups (broad SMARTS) is 2. The Morgan fingerprint density at radius 1 is 1.00 bits per heavy atom. The van der Waals surface area contributed by atoms with Gasteiger partial charge >= 0.3 is 18.0 Å². The molecular formula is C13H24N2O5. The van der Waals surface area contributed by atoms with Gasteiger partial charge in [-0.1, -0.05) is 33.1 Å². The molecule has 0 saturated carbocycles. The Labute approximate surface area is 119 Å². The van der Waals surface area contributed by atoms with Crippen LogP contribution in [0, 0.1) is 0 Å². The van der Waals surface area contributed by atoms with Crippen LogP contribution in [0.4, 0.5) is 4.79 Å². The molecule has 0 aliphatic heterocycles. The Hall–Kier alpha value is -1.79. The van der Waals surface area contributed by atoms with Gasteiger partial charge in [0.2, 0.25) is 0 Å². The number of rotatable bonds is 10. The highest BCUT2D eigenvalue weighted by Crippen LogP contribution is 2.07. The van der Waals surface area contributed by atoms with Crippen molar-refractivity contribution in [2.24, 2.45) is 0 Å². The van der Waals surface area contributed by atoms with Crippen LogP contribution in [0.5, 0.6) is 0 Å². The van der Waals surface area contributed by atoms with Crippen molar-refractivity contribution in [1.82, 2.24) is 10.2 Å². The highest BCUT2D eigenvalue weighted by molar-refractivity contribution is 5.84. The minimum Gasteiger partial charge on any atom is -0.480 e. The molecule has 0 saturated heterocycles. The molecule has 7 nitrogen and oxygen atoms in total. The highest BCUT2D eigenvalue weighted by atomic mass is 16.4. The van der Waals surface area contributed by atoms with E-state index in [1.54, 1.807) is 0 Å². The summed E-state index contributed by atoms with van der Waals surface area (Å²) in [7, 11) is 0. The first-order valence-corrected chi connectivity index (χ1v) is 6.89. The molecule has 116 valence electrons. The zero-order valence-corrected chi connectivity index (χ0v) is 12.1. The van der Waals surface area contributed by atoms with Crippen LogP contribution in [0.1, 0.15) is 46.0 Å². The average molecular weight is 288 g/mol. The Balaban J connectivity index is 4.58. The van der Waals surface area contributed by atoms with Crippen LogP contribution < -0.4 is 5.32 Å². The number of unbranched alkanes of at least 4 members (excludes halogenated alkanes) is 1. The van der Waals surface area contributed by atoms with Gasteiger partial charge in [-0.15, -0.1) is 0 Å². The Kier molecular flexibility index (Phi) is 9.15. The third-order valence-corrected chi connectivity index (χ3v) is 2.81. The number of aliphatic carboxylic acids is 2. The van der Waals surface area contributed by atoms with Gasteiger partial charge in [-0.2, -0.15) is 0 Å². The SMILES string of the molecule is CCCCC(CCC)NC(=O)N(CC(=O)O)CC(=O)O. The van der Waals surface area contributed by atoms with Crippen molar-refractivity contribution in [3.05, 3.63) is 0 Å². The lowest BCUT2D eigenvalue weighted by atomic mass is 10.1. The van der Waals surface area contributed by atoms with Gasteiger partial charge in [0, 0.05) is 6.04 Å². The summed E-state index contributed by atoms with van der Waals surface area (Å²) in [6.45, 7) is 2.80. The van der Waals surface area contributed by atoms with Gasteiger partial charge in [0.15, 0.2) is 0 Å². The van der Waals surface area contributed by atoms with Crippen LogP contribution in [0.25, 0.3) is 0 Å². The summed E-state index contributed by atoms with van der Waals surface area (Å²) >= 11 is 0. The van der Waals surface area contributed by atoms with E-state index >= 15 is 0 Å². The number of carboxylic acids is 2. The van der Waals surface area contributed by atoms with Gasteiger partial charge in [-0.05, 0) is 12.8 Å². The van der Waals surface area contributed by atoms with E-state index in [2.05, 4.69) is 5.32 Å². The van der Waals surface area contributed by atoms with Crippen molar-refractivity contribution in [3.8, 4) is 0 Å². The summed E-state index contributed by atoms with van der Waals surface area (Å²) in [5.41, 5.74) is 0. The number of urea groups is 1. The molecule has 1 atom stereocenters. The number of carbonyl (C=O) groups is 3. The number of nitrogens with zero attached hydrogens (tertiary/aromatic N) is 1. The van der Waals surface area contributed by atoms with E-state index in [0.717, 1.165) is 37.0 Å². The minimum atomic E-state index is -1.23. The number of amides is 2. The van der Waals surface area contributed by atoms with Crippen molar-refractivity contribution in [2.75, 3.05) is 13.1 Å². The number of carbonyl (C=O) groups excluding carboxylic acids is 1. The number of hydrogen-bond donors (Lipinski definition) is 3. The Morgan fingerprint density at radius 2 is 1.55 bits per heavy atom. The smallest absolute Gasteiger partial charge is 0.323 e. The van der Waals surface area contributed by atoms with Crippen LogP contribution >= 0.6 is 0 Å². The van der Waals surface area contributed by atoms with Crippen LogP contribution in [-0.4, -0.2) is 52.2 Å². The average Bonchev–Trinajstić information content (AvgIpc) is 2.34. The van der Waals surface area contributed by atoms with E-state index in [9.17, 15) is 14.4 Å². The van der Waals surface area contributed by atoms with Crippen molar-refractivity contribution in [2.45, 2.75) is 52.0 Å². The second kappa shape index (κ2) is 10.1. The fourth-order valence-electron chi connectivity index (χ4n) is 1.88. The second-order valence-corrected chi connectivity index (χ2v) is 4.72. The summed E-state index contributed by atoms with van der Waals surface area (Å²) in [6, 6.07) is -0.679. The molecule has 2 amide bonds. The quantitative estimate of drug-likeness (QED) is 0.565. The van der Waals surface area contributed by atoms with Crippen molar-refractivity contribution >= 4 is 18.0 Å². The maximum atomic E-state index is 12.0. The number of nitrogens with one attached hydrogen (secondary N) is 1. The maximum Gasteiger partial charge on any atom is 0.323 e.